The van der Waals surface area contributed by atoms with Gasteiger partial charge < -0.3 is 10.2 Å². The van der Waals surface area contributed by atoms with E-state index in [4.69, 9.17) is 4.99 Å². The van der Waals surface area contributed by atoms with Gasteiger partial charge in [0.25, 0.3) is 0 Å². The average molecular weight is 431 g/mol. The highest BCUT2D eigenvalue weighted by Gasteiger charge is 2.31. The van der Waals surface area contributed by atoms with Crippen molar-refractivity contribution in [2.45, 2.75) is 52.1 Å². The molecule has 0 amide bonds. The summed E-state index contributed by atoms with van der Waals surface area (Å²) in [5.41, 5.74) is 2.45. The standard InChI is InChI=1S/C23H38N6S/c1-7-24-23(28(5)15-19-16-29(6)26-21(19)17(2)3)25-14-18-10-8-12-27(4)22(18)20-11-9-13-30-20/h9,11,13,16-18,22H,7-8,10,12,14-15H2,1-6H3,(H,24,25). The first-order chi connectivity index (χ1) is 14.4. The van der Waals surface area contributed by atoms with Crippen LogP contribution >= 0.6 is 11.3 Å². The number of nitrogens with zero attached hydrogens (tertiary/aromatic N) is 5. The number of aromatic nitrogens is 2. The Morgan fingerprint density at radius 2 is 2.20 bits per heavy atom. The van der Waals surface area contributed by atoms with Crippen molar-refractivity contribution in [3.8, 4) is 0 Å². The average Bonchev–Trinajstić information content (AvgIpc) is 3.34. The molecule has 1 fully saturated rings. The molecule has 1 N–H and O–H groups in total. The number of aryl methyl sites for hydroxylation is 1. The van der Waals surface area contributed by atoms with Crippen molar-refractivity contribution in [3.05, 3.63) is 39.8 Å². The number of thiophene rings is 1. The number of nitrogens with one attached hydrogen (secondary N) is 1. The van der Waals surface area contributed by atoms with E-state index in [2.05, 4.69) is 78.8 Å². The molecule has 1 saturated heterocycles. The molecule has 3 rings (SSSR count). The molecule has 30 heavy (non-hydrogen) atoms. The highest BCUT2D eigenvalue weighted by Crippen LogP contribution is 2.37. The summed E-state index contributed by atoms with van der Waals surface area (Å²) in [5.74, 6) is 1.95. The molecular formula is C23H38N6S. The van der Waals surface area contributed by atoms with E-state index < -0.39 is 0 Å². The largest absolute Gasteiger partial charge is 0.357 e. The zero-order valence-electron chi connectivity index (χ0n) is 19.4. The Morgan fingerprint density at radius 1 is 1.40 bits per heavy atom. The van der Waals surface area contributed by atoms with Crippen LogP contribution in [-0.4, -0.2) is 59.3 Å². The van der Waals surface area contributed by atoms with E-state index in [1.807, 2.05) is 23.1 Å². The van der Waals surface area contributed by atoms with Crippen LogP contribution in [0.3, 0.4) is 0 Å². The molecule has 2 atom stereocenters. The second kappa shape index (κ2) is 10.4. The van der Waals surface area contributed by atoms with E-state index in [1.165, 1.54) is 35.5 Å². The van der Waals surface area contributed by atoms with E-state index in [0.29, 0.717) is 17.9 Å². The minimum Gasteiger partial charge on any atom is -0.357 e. The summed E-state index contributed by atoms with van der Waals surface area (Å²) < 4.78 is 1.92. The van der Waals surface area contributed by atoms with Crippen molar-refractivity contribution in [2.24, 2.45) is 18.0 Å². The maximum absolute atomic E-state index is 5.09. The molecule has 0 aliphatic carbocycles. The molecule has 1 aliphatic rings. The van der Waals surface area contributed by atoms with Gasteiger partial charge >= 0.3 is 0 Å². The Bertz CT molecular complexity index is 810. The fourth-order valence-electron chi connectivity index (χ4n) is 4.53. The predicted octanol–water partition coefficient (Wildman–Crippen LogP) is 4.09. The van der Waals surface area contributed by atoms with Crippen LogP contribution in [-0.2, 0) is 13.6 Å². The first kappa shape index (κ1) is 22.8. The summed E-state index contributed by atoms with van der Waals surface area (Å²) in [5, 5.41) is 10.3. The smallest absolute Gasteiger partial charge is 0.193 e. The van der Waals surface area contributed by atoms with Gasteiger partial charge in [0.05, 0.1) is 5.69 Å². The Kier molecular flexibility index (Phi) is 7.94. The molecule has 2 aromatic heterocycles. The van der Waals surface area contributed by atoms with Crippen LogP contribution in [0.25, 0.3) is 0 Å². The van der Waals surface area contributed by atoms with Gasteiger partial charge in [0.2, 0.25) is 0 Å². The quantitative estimate of drug-likeness (QED) is 0.531. The number of guanidine groups is 1. The fraction of sp³-hybridized carbons (Fsp3) is 0.652. The van der Waals surface area contributed by atoms with E-state index in [1.54, 1.807) is 0 Å². The number of aliphatic imine (C=N–C) groups is 1. The third-order valence-electron chi connectivity index (χ3n) is 5.91. The Morgan fingerprint density at radius 3 is 2.87 bits per heavy atom. The molecule has 2 aromatic rings. The van der Waals surface area contributed by atoms with E-state index in [-0.39, 0.29) is 0 Å². The fourth-order valence-corrected chi connectivity index (χ4v) is 5.51. The minimum atomic E-state index is 0.415. The summed E-state index contributed by atoms with van der Waals surface area (Å²) in [6.45, 7) is 10.2. The second-order valence-electron chi connectivity index (χ2n) is 8.76. The highest BCUT2D eigenvalue weighted by atomic mass is 32.1. The van der Waals surface area contributed by atoms with Crippen molar-refractivity contribution in [2.75, 3.05) is 33.7 Å². The lowest BCUT2D eigenvalue weighted by Crippen LogP contribution is -2.40. The summed E-state index contributed by atoms with van der Waals surface area (Å²) in [7, 11) is 6.38. The van der Waals surface area contributed by atoms with Crippen LogP contribution in [0.15, 0.2) is 28.7 Å². The number of hydrogen-bond donors (Lipinski definition) is 1. The van der Waals surface area contributed by atoms with Gasteiger partial charge in [-0.2, -0.15) is 5.10 Å². The van der Waals surface area contributed by atoms with Crippen molar-refractivity contribution in [1.82, 2.24) is 24.9 Å². The van der Waals surface area contributed by atoms with Crippen molar-refractivity contribution >= 4 is 17.3 Å². The third kappa shape index (κ3) is 5.43. The molecule has 166 valence electrons. The van der Waals surface area contributed by atoms with E-state index in [9.17, 15) is 0 Å². The Balaban J connectivity index is 1.74. The zero-order valence-corrected chi connectivity index (χ0v) is 20.2. The molecule has 1 aliphatic heterocycles. The van der Waals surface area contributed by atoms with Gasteiger partial charge in [0, 0.05) is 56.4 Å². The number of rotatable bonds is 7. The monoisotopic (exact) mass is 430 g/mol. The van der Waals surface area contributed by atoms with Crippen LogP contribution in [0.4, 0.5) is 0 Å². The van der Waals surface area contributed by atoms with Crippen LogP contribution in [0.2, 0.25) is 0 Å². The van der Waals surface area contributed by atoms with Crippen LogP contribution in [0, 0.1) is 5.92 Å². The molecule has 7 heteroatoms. The van der Waals surface area contributed by atoms with Crippen molar-refractivity contribution < 1.29 is 0 Å². The SMILES string of the molecule is CCNC(=NCC1CCCN(C)C1c1cccs1)N(C)Cc1cn(C)nc1C(C)C. The lowest BCUT2D eigenvalue weighted by Gasteiger charge is -2.38. The first-order valence-corrected chi connectivity index (χ1v) is 12.0. The molecule has 3 heterocycles. The number of likely N-dealkylation sites (tertiary alicyclic amines) is 1. The number of hydrogen-bond acceptors (Lipinski definition) is 4. The summed E-state index contributed by atoms with van der Waals surface area (Å²) in [6.07, 6.45) is 4.62. The Hall–Kier alpha value is -1.86. The minimum absolute atomic E-state index is 0.415. The zero-order chi connectivity index (χ0) is 21.7. The molecule has 0 aromatic carbocycles. The molecule has 0 radical (unpaired) electrons. The summed E-state index contributed by atoms with van der Waals surface area (Å²) >= 11 is 1.87. The van der Waals surface area contributed by atoms with E-state index in [0.717, 1.165) is 25.6 Å². The molecule has 2 unspecified atom stereocenters. The van der Waals surface area contributed by atoms with Gasteiger partial charge in [-0.05, 0) is 56.6 Å². The number of piperidine rings is 1. The molecule has 6 nitrogen and oxygen atoms in total. The first-order valence-electron chi connectivity index (χ1n) is 11.2. The van der Waals surface area contributed by atoms with Gasteiger partial charge in [0.15, 0.2) is 5.96 Å². The van der Waals surface area contributed by atoms with Crippen LogP contribution in [0.1, 0.15) is 61.7 Å². The molecule has 0 bridgehead atoms. The van der Waals surface area contributed by atoms with Crippen LogP contribution in [0.5, 0.6) is 0 Å². The maximum Gasteiger partial charge on any atom is 0.193 e. The lowest BCUT2D eigenvalue weighted by atomic mass is 9.88. The lowest BCUT2D eigenvalue weighted by molar-refractivity contribution is 0.128. The summed E-state index contributed by atoms with van der Waals surface area (Å²) in [4.78, 5) is 11.3. The highest BCUT2D eigenvalue weighted by molar-refractivity contribution is 7.10. The van der Waals surface area contributed by atoms with Gasteiger partial charge in [-0.1, -0.05) is 19.9 Å². The van der Waals surface area contributed by atoms with Crippen molar-refractivity contribution in [3.63, 3.8) is 0 Å². The topological polar surface area (TPSA) is 48.7 Å². The summed E-state index contributed by atoms with van der Waals surface area (Å²) in [6, 6.07) is 4.92. The van der Waals surface area contributed by atoms with Crippen LogP contribution < -0.4 is 5.32 Å². The van der Waals surface area contributed by atoms with Gasteiger partial charge in [-0.25, -0.2) is 0 Å². The predicted molar refractivity (Wildman–Crippen MR) is 127 cm³/mol. The molecular weight excluding hydrogens is 392 g/mol. The third-order valence-corrected chi connectivity index (χ3v) is 6.85. The maximum atomic E-state index is 5.09. The van der Waals surface area contributed by atoms with Gasteiger partial charge in [0.1, 0.15) is 0 Å². The normalized spacial score (nSPS) is 20.7. The second-order valence-corrected chi connectivity index (χ2v) is 9.74. The molecule has 0 spiro atoms. The Labute approximate surface area is 186 Å². The van der Waals surface area contributed by atoms with Gasteiger partial charge in [-0.3, -0.25) is 14.6 Å². The van der Waals surface area contributed by atoms with Crippen molar-refractivity contribution in [1.29, 1.82) is 0 Å². The van der Waals surface area contributed by atoms with E-state index >= 15 is 0 Å². The van der Waals surface area contributed by atoms with Gasteiger partial charge in [-0.15, -0.1) is 11.3 Å². The molecule has 0 saturated carbocycles.